The molecule has 1 aliphatic carbocycles. The van der Waals surface area contributed by atoms with Crippen LogP contribution in [0.4, 0.5) is 29.3 Å². The molecule has 0 saturated carbocycles. The number of imide groups is 1. The highest BCUT2D eigenvalue weighted by atomic mass is 19.4. The lowest BCUT2D eigenvalue weighted by molar-refractivity contribution is -0.137. The SMILES string of the molecule is O=C(CN1C(=O)NC2(CCc3ccccc32)C1=O)Nc1ccc(N2CCOCC2)cc1C(F)(F)F. The second kappa shape index (κ2) is 8.56. The van der Waals surface area contributed by atoms with Crippen LogP contribution in [0.15, 0.2) is 42.5 Å². The van der Waals surface area contributed by atoms with Gasteiger partial charge in [0.05, 0.1) is 24.5 Å². The Morgan fingerprint density at radius 1 is 1.11 bits per heavy atom. The average Bonchev–Trinajstić information content (AvgIpc) is 3.32. The van der Waals surface area contributed by atoms with E-state index >= 15 is 0 Å². The van der Waals surface area contributed by atoms with Crippen molar-refractivity contribution in [2.24, 2.45) is 0 Å². The van der Waals surface area contributed by atoms with Crippen LogP contribution < -0.4 is 15.5 Å². The van der Waals surface area contributed by atoms with Gasteiger partial charge < -0.3 is 20.3 Å². The largest absolute Gasteiger partial charge is 0.418 e. The maximum Gasteiger partial charge on any atom is 0.418 e. The number of ether oxygens (including phenoxy) is 1. The first-order chi connectivity index (χ1) is 16.7. The van der Waals surface area contributed by atoms with E-state index in [0.29, 0.717) is 50.4 Å². The molecule has 11 heteroatoms. The second-order valence-electron chi connectivity index (χ2n) is 8.76. The van der Waals surface area contributed by atoms with Crippen molar-refractivity contribution in [2.45, 2.75) is 24.6 Å². The van der Waals surface area contributed by atoms with Gasteiger partial charge in [-0.05, 0) is 42.2 Å². The number of halogens is 3. The summed E-state index contributed by atoms with van der Waals surface area (Å²) >= 11 is 0. The van der Waals surface area contributed by atoms with Crippen LogP contribution in [0.3, 0.4) is 0 Å². The molecule has 4 amide bonds. The van der Waals surface area contributed by atoms with Crippen molar-refractivity contribution in [3.8, 4) is 0 Å². The summed E-state index contributed by atoms with van der Waals surface area (Å²) in [5, 5.41) is 4.93. The Morgan fingerprint density at radius 2 is 1.86 bits per heavy atom. The predicted molar refractivity (Wildman–Crippen MR) is 120 cm³/mol. The van der Waals surface area contributed by atoms with E-state index in [4.69, 9.17) is 4.74 Å². The summed E-state index contributed by atoms with van der Waals surface area (Å²) < 4.78 is 46.6. The van der Waals surface area contributed by atoms with E-state index in [1.165, 1.54) is 12.1 Å². The topological polar surface area (TPSA) is 91.0 Å². The Bertz CT molecular complexity index is 1200. The van der Waals surface area contributed by atoms with Gasteiger partial charge in [-0.15, -0.1) is 0 Å². The van der Waals surface area contributed by atoms with Crippen molar-refractivity contribution in [3.63, 3.8) is 0 Å². The van der Waals surface area contributed by atoms with Crippen LogP contribution in [0.25, 0.3) is 0 Å². The van der Waals surface area contributed by atoms with E-state index in [-0.39, 0.29) is 0 Å². The summed E-state index contributed by atoms with van der Waals surface area (Å²) in [7, 11) is 0. The standard InChI is InChI=1S/C24H23F3N4O4/c25-24(26,27)18-13-16(30-9-11-35-12-10-30)5-6-19(18)28-20(32)14-31-21(33)23(29-22(31)34)8-7-15-3-1-2-4-17(15)23/h1-6,13H,7-12,14H2,(H,28,32)(H,29,34). The van der Waals surface area contributed by atoms with Crippen molar-refractivity contribution >= 4 is 29.2 Å². The zero-order valence-electron chi connectivity index (χ0n) is 18.7. The van der Waals surface area contributed by atoms with E-state index < -0.39 is 47.4 Å². The normalized spacial score (nSPS) is 21.9. The predicted octanol–water partition coefficient (Wildman–Crippen LogP) is 2.87. The number of nitrogens with zero attached hydrogens (tertiary/aromatic N) is 2. The van der Waals surface area contributed by atoms with Gasteiger partial charge in [0.15, 0.2) is 0 Å². The molecule has 2 aromatic carbocycles. The number of morpholine rings is 1. The van der Waals surface area contributed by atoms with Gasteiger partial charge in [0.1, 0.15) is 12.1 Å². The first-order valence-electron chi connectivity index (χ1n) is 11.3. The van der Waals surface area contributed by atoms with Gasteiger partial charge in [0, 0.05) is 18.8 Å². The molecule has 2 saturated heterocycles. The van der Waals surface area contributed by atoms with Gasteiger partial charge >= 0.3 is 12.2 Å². The smallest absolute Gasteiger partial charge is 0.378 e. The molecule has 2 aromatic rings. The molecule has 1 spiro atoms. The molecule has 3 aliphatic rings. The number of hydrogen-bond donors (Lipinski definition) is 2. The molecule has 2 fully saturated rings. The Morgan fingerprint density at radius 3 is 2.60 bits per heavy atom. The van der Waals surface area contributed by atoms with Crippen LogP contribution in [0.5, 0.6) is 0 Å². The quantitative estimate of drug-likeness (QED) is 0.646. The molecule has 8 nitrogen and oxygen atoms in total. The molecule has 2 N–H and O–H groups in total. The molecule has 35 heavy (non-hydrogen) atoms. The fourth-order valence-corrected chi connectivity index (χ4v) is 4.96. The third kappa shape index (κ3) is 4.09. The highest BCUT2D eigenvalue weighted by molar-refractivity contribution is 6.11. The van der Waals surface area contributed by atoms with Gasteiger partial charge in [-0.1, -0.05) is 24.3 Å². The Kier molecular flexibility index (Phi) is 5.66. The number of amides is 4. The number of urea groups is 1. The third-order valence-corrected chi connectivity index (χ3v) is 6.68. The van der Waals surface area contributed by atoms with Gasteiger partial charge in [0.25, 0.3) is 5.91 Å². The molecule has 2 heterocycles. The number of fused-ring (bicyclic) bond motifs is 2. The summed E-state index contributed by atoms with van der Waals surface area (Å²) in [5.41, 5.74) is -0.706. The lowest BCUT2D eigenvalue weighted by Gasteiger charge is -2.29. The van der Waals surface area contributed by atoms with E-state index in [1.807, 2.05) is 12.1 Å². The highest BCUT2D eigenvalue weighted by Gasteiger charge is 2.55. The van der Waals surface area contributed by atoms with Gasteiger partial charge in [-0.2, -0.15) is 13.2 Å². The maximum absolute atomic E-state index is 13.8. The summed E-state index contributed by atoms with van der Waals surface area (Å²) in [6.45, 7) is 1.05. The van der Waals surface area contributed by atoms with Crippen LogP contribution in [-0.2, 0) is 32.5 Å². The van der Waals surface area contributed by atoms with Crippen molar-refractivity contribution in [3.05, 3.63) is 59.2 Å². The second-order valence-corrected chi connectivity index (χ2v) is 8.76. The first kappa shape index (κ1) is 23.2. The maximum atomic E-state index is 13.8. The highest BCUT2D eigenvalue weighted by Crippen LogP contribution is 2.41. The van der Waals surface area contributed by atoms with E-state index in [0.717, 1.165) is 16.5 Å². The zero-order chi connectivity index (χ0) is 24.8. The molecule has 0 radical (unpaired) electrons. The summed E-state index contributed by atoms with van der Waals surface area (Å²) in [5.74, 6) is -1.48. The molecule has 184 valence electrons. The molecule has 5 rings (SSSR count). The van der Waals surface area contributed by atoms with Crippen molar-refractivity contribution in [1.82, 2.24) is 10.2 Å². The summed E-state index contributed by atoms with van der Waals surface area (Å²) in [6, 6.07) is 10.2. The number of anilines is 2. The zero-order valence-corrected chi connectivity index (χ0v) is 18.7. The number of carbonyl (C=O) groups is 3. The molecule has 2 aliphatic heterocycles. The van der Waals surface area contributed by atoms with Crippen LogP contribution in [0.1, 0.15) is 23.1 Å². The Labute approximate surface area is 199 Å². The number of aryl methyl sites for hydroxylation is 1. The number of rotatable bonds is 4. The van der Waals surface area contributed by atoms with Crippen LogP contribution in [-0.4, -0.2) is 55.6 Å². The van der Waals surface area contributed by atoms with Gasteiger partial charge in [-0.25, -0.2) is 4.79 Å². The lowest BCUT2D eigenvalue weighted by atomic mass is 9.92. The number of carbonyl (C=O) groups excluding carboxylic acids is 3. The lowest BCUT2D eigenvalue weighted by Crippen LogP contribution is -2.43. The molecule has 1 atom stereocenters. The van der Waals surface area contributed by atoms with Crippen LogP contribution in [0, 0.1) is 0 Å². The fourth-order valence-electron chi connectivity index (χ4n) is 4.96. The Hall–Kier alpha value is -3.60. The number of benzene rings is 2. The molecular weight excluding hydrogens is 465 g/mol. The van der Waals surface area contributed by atoms with Crippen molar-refractivity contribution in [1.29, 1.82) is 0 Å². The van der Waals surface area contributed by atoms with Crippen molar-refractivity contribution in [2.75, 3.05) is 43.1 Å². The third-order valence-electron chi connectivity index (χ3n) is 6.68. The first-order valence-corrected chi connectivity index (χ1v) is 11.3. The summed E-state index contributed by atoms with van der Waals surface area (Å²) in [6.07, 6.45) is -3.77. The number of alkyl halides is 3. The minimum absolute atomic E-state index is 0.357. The minimum atomic E-state index is -4.72. The Balaban J connectivity index is 1.34. The van der Waals surface area contributed by atoms with Crippen LogP contribution in [0.2, 0.25) is 0 Å². The van der Waals surface area contributed by atoms with Crippen molar-refractivity contribution < 1.29 is 32.3 Å². The summed E-state index contributed by atoms with van der Waals surface area (Å²) in [4.78, 5) is 41.0. The molecule has 0 aromatic heterocycles. The molecule has 0 bridgehead atoms. The monoisotopic (exact) mass is 488 g/mol. The van der Waals surface area contributed by atoms with Crippen LogP contribution >= 0.6 is 0 Å². The molecular formula is C24H23F3N4O4. The van der Waals surface area contributed by atoms with Gasteiger partial charge in [-0.3, -0.25) is 14.5 Å². The van der Waals surface area contributed by atoms with E-state index in [1.54, 1.807) is 17.0 Å². The number of nitrogens with one attached hydrogen (secondary N) is 2. The van der Waals surface area contributed by atoms with E-state index in [9.17, 15) is 27.6 Å². The number of hydrogen-bond acceptors (Lipinski definition) is 5. The average molecular weight is 488 g/mol. The fraction of sp³-hybridized carbons (Fsp3) is 0.375. The van der Waals surface area contributed by atoms with Gasteiger partial charge in [0.2, 0.25) is 5.91 Å². The molecule has 1 unspecified atom stereocenters. The van der Waals surface area contributed by atoms with E-state index in [2.05, 4.69) is 10.6 Å². The minimum Gasteiger partial charge on any atom is -0.378 e.